The third kappa shape index (κ3) is 3.91. The number of pyridine rings is 2. The van der Waals surface area contributed by atoms with Crippen LogP contribution in [0.15, 0.2) is 53.5 Å². The van der Waals surface area contributed by atoms with Crippen LogP contribution < -0.4 is 5.56 Å². The van der Waals surface area contributed by atoms with Crippen molar-refractivity contribution in [3.05, 3.63) is 76.0 Å². The first kappa shape index (κ1) is 19.3. The third-order valence-electron chi connectivity index (χ3n) is 5.04. The van der Waals surface area contributed by atoms with Crippen LogP contribution in [0.5, 0.6) is 0 Å². The molecule has 150 valence electrons. The van der Waals surface area contributed by atoms with Crippen molar-refractivity contribution < 1.29 is 13.9 Å². The number of benzene rings is 1. The molecule has 1 aromatic carbocycles. The number of morpholine rings is 1. The van der Waals surface area contributed by atoms with Crippen LogP contribution in [-0.4, -0.2) is 45.7 Å². The zero-order chi connectivity index (χ0) is 20.5. The number of halogens is 1. The lowest BCUT2D eigenvalue weighted by Gasteiger charge is -2.35. The lowest BCUT2D eigenvalue weighted by molar-refractivity contribution is -0.0586. The van der Waals surface area contributed by atoms with Crippen LogP contribution in [0.4, 0.5) is 4.39 Å². The van der Waals surface area contributed by atoms with Crippen LogP contribution in [0.25, 0.3) is 11.0 Å². The molecule has 7 heteroatoms. The summed E-state index contributed by atoms with van der Waals surface area (Å²) in [6.45, 7) is 4.89. The minimum absolute atomic E-state index is 0.0914. The van der Waals surface area contributed by atoms with Crippen LogP contribution in [0.3, 0.4) is 0 Å². The second-order valence-corrected chi connectivity index (χ2v) is 7.46. The number of carbonyl (C=O) groups is 1. The average molecular weight is 395 g/mol. The van der Waals surface area contributed by atoms with Gasteiger partial charge in [-0.3, -0.25) is 14.2 Å². The second-order valence-electron chi connectivity index (χ2n) is 7.46. The van der Waals surface area contributed by atoms with Gasteiger partial charge in [-0.1, -0.05) is 12.1 Å². The molecule has 0 spiro atoms. The van der Waals surface area contributed by atoms with Gasteiger partial charge in [-0.25, -0.2) is 9.37 Å². The molecule has 4 rings (SSSR count). The summed E-state index contributed by atoms with van der Waals surface area (Å²) in [6.07, 6.45) is 1.42. The average Bonchev–Trinajstić information content (AvgIpc) is 2.70. The second kappa shape index (κ2) is 7.75. The normalized spacial score (nSPS) is 19.5. The maximum atomic E-state index is 13.3. The highest BCUT2D eigenvalue weighted by molar-refractivity contribution is 5.97. The Hall–Kier alpha value is -3.06. The Bertz CT molecular complexity index is 1100. The Morgan fingerprint density at radius 2 is 1.86 bits per heavy atom. The van der Waals surface area contributed by atoms with E-state index in [2.05, 4.69) is 4.98 Å². The molecule has 0 bridgehead atoms. The number of hydrogen-bond acceptors (Lipinski definition) is 4. The molecule has 2 atom stereocenters. The third-order valence-corrected chi connectivity index (χ3v) is 5.04. The van der Waals surface area contributed by atoms with Crippen LogP contribution in [0, 0.1) is 5.82 Å². The van der Waals surface area contributed by atoms with Crippen molar-refractivity contribution in [2.75, 3.05) is 13.1 Å². The van der Waals surface area contributed by atoms with E-state index in [-0.39, 0.29) is 36.0 Å². The molecular formula is C22H22FN3O3. The van der Waals surface area contributed by atoms with E-state index in [4.69, 9.17) is 4.74 Å². The fraction of sp³-hybridized carbons (Fsp3) is 0.318. The summed E-state index contributed by atoms with van der Waals surface area (Å²) in [5, 5.41) is 0.701. The van der Waals surface area contributed by atoms with Gasteiger partial charge >= 0.3 is 0 Å². The first-order valence-corrected chi connectivity index (χ1v) is 9.60. The maximum absolute atomic E-state index is 13.3. The largest absolute Gasteiger partial charge is 0.372 e. The quantitative estimate of drug-likeness (QED) is 0.684. The van der Waals surface area contributed by atoms with Crippen molar-refractivity contribution in [3.63, 3.8) is 0 Å². The first-order chi connectivity index (χ1) is 13.9. The van der Waals surface area contributed by atoms with E-state index in [0.717, 1.165) is 5.56 Å². The molecule has 3 aromatic rings. The number of amides is 1. The van der Waals surface area contributed by atoms with E-state index in [1.807, 2.05) is 19.9 Å². The summed E-state index contributed by atoms with van der Waals surface area (Å²) in [7, 11) is 0. The molecule has 1 saturated heterocycles. The molecule has 2 unspecified atom stereocenters. The van der Waals surface area contributed by atoms with Crippen LogP contribution in [0.2, 0.25) is 0 Å². The number of carbonyl (C=O) groups excluding carboxylic acids is 1. The standard InChI is InChI=1S/C22H22FN3O3/c1-14-11-25(12-15(2)29-14)21(27)19-10-17-4-3-9-24-20(17)26(22(19)28)13-16-5-7-18(23)8-6-16/h3-10,14-15H,11-13H2,1-2H3. The maximum Gasteiger partial charge on any atom is 0.265 e. The van der Waals surface area contributed by atoms with E-state index < -0.39 is 5.56 Å². The molecular weight excluding hydrogens is 373 g/mol. The van der Waals surface area contributed by atoms with E-state index in [0.29, 0.717) is 24.1 Å². The lowest BCUT2D eigenvalue weighted by Crippen LogP contribution is -2.49. The summed E-state index contributed by atoms with van der Waals surface area (Å²) in [4.78, 5) is 32.5. The Morgan fingerprint density at radius 3 is 2.55 bits per heavy atom. The van der Waals surface area contributed by atoms with Gasteiger partial charge in [0.25, 0.3) is 11.5 Å². The number of nitrogens with zero attached hydrogens (tertiary/aromatic N) is 3. The van der Waals surface area contributed by atoms with Crippen molar-refractivity contribution in [2.45, 2.75) is 32.6 Å². The molecule has 0 saturated carbocycles. The predicted octanol–water partition coefficient (Wildman–Crippen LogP) is 2.83. The first-order valence-electron chi connectivity index (χ1n) is 9.60. The van der Waals surface area contributed by atoms with E-state index in [9.17, 15) is 14.0 Å². The number of rotatable bonds is 3. The summed E-state index contributed by atoms with van der Waals surface area (Å²) in [6, 6.07) is 11.1. The van der Waals surface area contributed by atoms with E-state index in [1.54, 1.807) is 35.4 Å². The molecule has 3 heterocycles. The van der Waals surface area contributed by atoms with Crippen molar-refractivity contribution in [2.24, 2.45) is 0 Å². The van der Waals surface area contributed by atoms with Crippen LogP contribution in [-0.2, 0) is 11.3 Å². The van der Waals surface area contributed by atoms with Gasteiger partial charge in [-0.15, -0.1) is 0 Å². The predicted molar refractivity (Wildman–Crippen MR) is 107 cm³/mol. The minimum atomic E-state index is -0.405. The molecule has 0 radical (unpaired) electrons. The molecule has 29 heavy (non-hydrogen) atoms. The smallest absolute Gasteiger partial charge is 0.265 e. The van der Waals surface area contributed by atoms with Gasteiger partial charge in [0.1, 0.15) is 17.0 Å². The van der Waals surface area contributed by atoms with Gasteiger partial charge in [0, 0.05) is 24.7 Å². The Labute approximate surface area is 167 Å². The van der Waals surface area contributed by atoms with Gasteiger partial charge in [0.15, 0.2) is 0 Å². The highest BCUT2D eigenvalue weighted by atomic mass is 19.1. The Balaban J connectivity index is 1.79. The molecule has 1 aliphatic heterocycles. The van der Waals surface area contributed by atoms with E-state index >= 15 is 0 Å². The van der Waals surface area contributed by atoms with Gasteiger partial charge in [-0.05, 0) is 49.7 Å². The zero-order valence-electron chi connectivity index (χ0n) is 16.3. The van der Waals surface area contributed by atoms with E-state index in [1.165, 1.54) is 16.7 Å². The monoisotopic (exact) mass is 395 g/mol. The Kier molecular flexibility index (Phi) is 5.15. The molecule has 1 amide bonds. The minimum Gasteiger partial charge on any atom is -0.372 e. The van der Waals surface area contributed by atoms with Crippen molar-refractivity contribution in [1.82, 2.24) is 14.5 Å². The summed E-state index contributed by atoms with van der Waals surface area (Å²) in [5.74, 6) is -0.654. The summed E-state index contributed by atoms with van der Waals surface area (Å²) in [5.41, 5.74) is 0.937. The van der Waals surface area contributed by atoms with Crippen molar-refractivity contribution in [3.8, 4) is 0 Å². The highest BCUT2D eigenvalue weighted by Crippen LogP contribution is 2.17. The van der Waals surface area contributed by atoms with Gasteiger partial charge in [0.05, 0.1) is 18.8 Å². The fourth-order valence-electron chi connectivity index (χ4n) is 3.79. The SMILES string of the molecule is CC1CN(C(=O)c2cc3cccnc3n(Cc3ccc(F)cc3)c2=O)CC(C)O1. The number of hydrogen-bond donors (Lipinski definition) is 0. The van der Waals surface area contributed by atoms with Crippen LogP contribution >= 0.6 is 0 Å². The summed E-state index contributed by atoms with van der Waals surface area (Å²) < 4.78 is 20.4. The van der Waals surface area contributed by atoms with Crippen molar-refractivity contribution >= 4 is 16.9 Å². The fourth-order valence-corrected chi connectivity index (χ4v) is 3.79. The number of ether oxygens (including phenoxy) is 1. The number of fused-ring (bicyclic) bond motifs is 1. The van der Waals surface area contributed by atoms with Crippen LogP contribution in [0.1, 0.15) is 29.8 Å². The molecule has 1 fully saturated rings. The lowest BCUT2D eigenvalue weighted by atomic mass is 10.1. The van der Waals surface area contributed by atoms with Gasteiger partial charge in [-0.2, -0.15) is 0 Å². The van der Waals surface area contributed by atoms with Crippen molar-refractivity contribution in [1.29, 1.82) is 0 Å². The molecule has 2 aromatic heterocycles. The Morgan fingerprint density at radius 1 is 1.17 bits per heavy atom. The molecule has 6 nitrogen and oxygen atoms in total. The number of aromatic nitrogens is 2. The highest BCUT2D eigenvalue weighted by Gasteiger charge is 2.29. The van der Waals surface area contributed by atoms with Gasteiger partial charge < -0.3 is 9.64 Å². The molecule has 1 aliphatic rings. The molecule has 0 N–H and O–H groups in total. The zero-order valence-corrected chi connectivity index (χ0v) is 16.3. The topological polar surface area (TPSA) is 64.4 Å². The molecule has 0 aliphatic carbocycles. The van der Waals surface area contributed by atoms with Gasteiger partial charge in [0.2, 0.25) is 0 Å². The summed E-state index contributed by atoms with van der Waals surface area (Å²) >= 11 is 0.